The van der Waals surface area contributed by atoms with E-state index in [1.807, 2.05) is 19.9 Å². The van der Waals surface area contributed by atoms with E-state index in [-0.39, 0.29) is 11.4 Å². The first-order valence-corrected chi connectivity index (χ1v) is 7.51. The quantitative estimate of drug-likeness (QED) is 0.766. The molecular weight excluding hydrogens is 248 g/mol. The minimum atomic E-state index is -0.119. The number of hydrogen-bond acceptors (Lipinski definition) is 2. The van der Waals surface area contributed by atoms with Gasteiger partial charge in [0.25, 0.3) is 0 Å². The highest BCUT2D eigenvalue weighted by Crippen LogP contribution is 2.06. The van der Waals surface area contributed by atoms with Crippen molar-refractivity contribution in [3.63, 3.8) is 0 Å². The summed E-state index contributed by atoms with van der Waals surface area (Å²) in [4.78, 5) is 11.8. The predicted octanol–water partition coefficient (Wildman–Crippen LogP) is 2.90. The molecule has 0 aromatic heterocycles. The highest BCUT2D eigenvalue weighted by atomic mass is 16.2. The molecule has 1 amide bonds. The van der Waals surface area contributed by atoms with Crippen molar-refractivity contribution in [2.75, 3.05) is 6.54 Å². The molecule has 0 spiro atoms. The summed E-state index contributed by atoms with van der Waals surface area (Å²) in [6, 6.07) is 10.8. The lowest BCUT2D eigenvalue weighted by atomic mass is 10.0. The predicted molar refractivity (Wildman–Crippen MR) is 84.7 cm³/mol. The normalized spacial score (nSPS) is 13.0. The Kier molecular flexibility index (Phi) is 6.73. The Labute approximate surface area is 123 Å². The first-order valence-electron chi connectivity index (χ1n) is 7.51. The molecule has 0 aliphatic rings. The fourth-order valence-electron chi connectivity index (χ4n) is 1.91. The molecule has 3 nitrogen and oxygen atoms in total. The summed E-state index contributed by atoms with van der Waals surface area (Å²) in [6.45, 7) is 8.68. The Hall–Kier alpha value is -1.35. The van der Waals surface area contributed by atoms with E-state index in [9.17, 15) is 4.79 Å². The summed E-state index contributed by atoms with van der Waals surface area (Å²) >= 11 is 0. The third-order valence-electron chi connectivity index (χ3n) is 3.68. The van der Waals surface area contributed by atoms with Gasteiger partial charge in [0, 0.05) is 11.6 Å². The number of aryl methyl sites for hydroxylation is 1. The number of hydrogen-bond donors (Lipinski definition) is 2. The van der Waals surface area contributed by atoms with Gasteiger partial charge in [0.1, 0.15) is 0 Å². The third-order valence-corrected chi connectivity index (χ3v) is 3.68. The van der Waals surface area contributed by atoms with Gasteiger partial charge in [0.05, 0.1) is 6.54 Å². The van der Waals surface area contributed by atoms with Crippen LogP contribution < -0.4 is 10.6 Å². The van der Waals surface area contributed by atoms with E-state index in [1.165, 1.54) is 5.56 Å². The maximum absolute atomic E-state index is 11.8. The number of carbonyl (C=O) groups excluding carboxylic acids is 1. The zero-order valence-electron chi connectivity index (χ0n) is 13.2. The molecule has 0 saturated carbocycles. The molecule has 1 atom stereocenters. The van der Waals surface area contributed by atoms with E-state index in [1.54, 1.807) is 0 Å². The Balaban J connectivity index is 2.23. The highest BCUT2D eigenvalue weighted by molar-refractivity contribution is 5.78. The van der Waals surface area contributed by atoms with Crippen molar-refractivity contribution in [1.82, 2.24) is 10.6 Å². The van der Waals surface area contributed by atoms with Crippen LogP contribution in [0.3, 0.4) is 0 Å². The van der Waals surface area contributed by atoms with Crippen LogP contribution in [0.1, 0.15) is 46.1 Å². The van der Waals surface area contributed by atoms with E-state index in [2.05, 4.69) is 48.7 Å². The molecule has 2 N–H and O–H groups in total. The van der Waals surface area contributed by atoms with Crippen molar-refractivity contribution in [2.45, 2.75) is 58.5 Å². The molecule has 1 unspecified atom stereocenters. The van der Waals surface area contributed by atoms with Crippen molar-refractivity contribution in [2.24, 2.45) is 0 Å². The molecule has 0 bridgehead atoms. The maximum atomic E-state index is 11.8. The van der Waals surface area contributed by atoms with E-state index in [0.29, 0.717) is 12.6 Å². The van der Waals surface area contributed by atoms with Crippen LogP contribution in [-0.4, -0.2) is 24.0 Å². The van der Waals surface area contributed by atoms with Gasteiger partial charge < -0.3 is 10.6 Å². The van der Waals surface area contributed by atoms with Gasteiger partial charge in [0.2, 0.25) is 5.91 Å². The lowest BCUT2D eigenvalue weighted by molar-refractivity contribution is -0.122. The fraction of sp³-hybridized carbons (Fsp3) is 0.588. The van der Waals surface area contributed by atoms with Crippen molar-refractivity contribution in [3.05, 3.63) is 35.9 Å². The van der Waals surface area contributed by atoms with Crippen molar-refractivity contribution < 1.29 is 4.79 Å². The van der Waals surface area contributed by atoms with Crippen LogP contribution in [0.15, 0.2) is 30.3 Å². The topological polar surface area (TPSA) is 41.1 Å². The van der Waals surface area contributed by atoms with Gasteiger partial charge >= 0.3 is 0 Å². The van der Waals surface area contributed by atoms with Gasteiger partial charge in [-0.15, -0.1) is 0 Å². The standard InChI is InChI=1S/C17H28N2O/c1-5-17(3,4)19-16(20)13-18-14(2)11-12-15-9-7-6-8-10-15/h6-10,14,18H,5,11-13H2,1-4H3,(H,19,20). The summed E-state index contributed by atoms with van der Waals surface area (Å²) in [5.41, 5.74) is 1.23. The summed E-state index contributed by atoms with van der Waals surface area (Å²) < 4.78 is 0. The van der Waals surface area contributed by atoms with Crippen molar-refractivity contribution >= 4 is 5.91 Å². The minimum absolute atomic E-state index is 0.0726. The summed E-state index contributed by atoms with van der Waals surface area (Å²) in [6.07, 6.45) is 3.01. The number of carbonyl (C=O) groups is 1. The Morgan fingerprint density at radius 1 is 1.25 bits per heavy atom. The second-order valence-corrected chi connectivity index (χ2v) is 6.09. The molecular formula is C17H28N2O. The van der Waals surface area contributed by atoms with Crippen LogP contribution >= 0.6 is 0 Å². The lowest BCUT2D eigenvalue weighted by Gasteiger charge is -2.25. The van der Waals surface area contributed by atoms with Crippen LogP contribution in [0.25, 0.3) is 0 Å². The largest absolute Gasteiger partial charge is 0.350 e. The van der Waals surface area contributed by atoms with Gasteiger partial charge in [0.15, 0.2) is 0 Å². The fourth-order valence-corrected chi connectivity index (χ4v) is 1.91. The molecule has 112 valence electrons. The zero-order valence-corrected chi connectivity index (χ0v) is 13.2. The Bertz CT molecular complexity index is 401. The second kappa shape index (κ2) is 8.05. The van der Waals surface area contributed by atoms with Gasteiger partial charge in [-0.1, -0.05) is 37.3 Å². The molecule has 1 rings (SSSR count). The van der Waals surface area contributed by atoms with E-state index < -0.39 is 0 Å². The Morgan fingerprint density at radius 3 is 2.50 bits per heavy atom. The van der Waals surface area contributed by atoms with Crippen LogP contribution in [0.5, 0.6) is 0 Å². The van der Waals surface area contributed by atoms with Gasteiger partial charge in [-0.2, -0.15) is 0 Å². The minimum Gasteiger partial charge on any atom is -0.350 e. The molecule has 20 heavy (non-hydrogen) atoms. The Morgan fingerprint density at radius 2 is 1.90 bits per heavy atom. The van der Waals surface area contributed by atoms with Gasteiger partial charge in [-0.3, -0.25) is 4.79 Å². The van der Waals surface area contributed by atoms with Crippen molar-refractivity contribution in [3.8, 4) is 0 Å². The van der Waals surface area contributed by atoms with Crippen molar-refractivity contribution in [1.29, 1.82) is 0 Å². The first-order chi connectivity index (χ1) is 9.43. The number of rotatable bonds is 8. The smallest absolute Gasteiger partial charge is 0.234 e. The van der Waals surface area contributed by atoms with Gasteiger partial charge in [-0.05, 0) is 45.6 Å². The number of benzene rings is 1. The molecule has 0 fully saturated rings. The molecule has 3 heteroatoms. The maximum Gasteiger partial charge on any atom is 0.234 e. The van der Waals surface area contributed by atoms with E-state index in [0.717, 1.165) is 19.3 Å². The van der Waals surface area contributed by atoms with Crippen LogP contribution in [-0.2, 0) is 11.2 Å². The average molecular weight is 276 g/mol. The molecule has 0 radical (unpaired) electrons. The SMILES string of the molecule is CCC(C)(C)NC(=O)CNC(C)CCc1ccccc1. The molecule has 0 heterocycles. The second-order valence-electron chi connectivity index (χ2n) is 6.09. The first kappa shape index (κ1) is 16.7. The van der Waals surface area contributed by atoms with Crippen LogP contribution in [0.4, 0.5) is 0 Å². The van der Waals surface area contributed by atoms with E-state index >= 15 is 0 Å². The third kappa shape index (κ3) is 6.71. The molecule has 0 saturated heterocycles. The highest BCUT2D eigenvalue weighted by Gasteiger charge is 2.17. The van der Waals surface area contributed by atoms with Gasteiger partial charge in [-0.25, -0.2) is 0 Å². The zero-order chi connectivity index (χ0) is 15.0. The summed E-state index contributed by atoms with van der Waals surface area (Å²) in [7, 11) is 0. The lowest BCUT2D eigenvalue weighted by Crippen LogP contribution is -2.47. The average Bonchev–Trinajstić information content (AvgIpc) is 2.43. The number of nitrogens with one attached hydrogen (secondary N) is 2. The number of amides is 1. The molecule has 0 aliphatic carbocycles. The summed E-state index contributed by atoms with van der Waals surface area (Å²) in [5, 5.41) is 6.32. The summed E-state index contributed by atoms with van der Waals surface area (Å²) in [5.74, 6) is 0.0726. The molecule has 1 aromatic rings. The monoisotopic (exact) mass is 276 g/mol. The van der Waals surface area contributed by atoms with Crippen LogP contribution in [0, 0.1) is 0 Å². The molecule has 1 aromatic carbocycles. The molecule has 0 aliphatic heterocycles. The van der Waals surface area contributed by atoms with Crippen LogP contribution in [0.2, 0.25) is 0 Å². The van der Waals surface area contributed by atoms with E-state index in [4.69, 9.17) is 0 Å².